The van der Waals surface area contributed by atoms with E-state index in [-0.39, 0.29) is 19.0 Å². The van der Waals surface area contributed by atoms with Crippen LogP contribution in [0.15, 0.2) is 18.2 Å². The molecule has 1 fully saturated rings. The van der Waals surface area contributed by atoms with E-state index in [1.165, 1.54) is 0 Å². The maximum atomic E-state index is 8.71. The number of benzene rings is 1. The fourth-order valence-electron chi connectivity index (χ4n) is 2.11. The molecule has 19 heavy (non-hydrogen) atoms. The molecule has 0 atom stereocenters. The summed E-state index contributed by atoms with van der Waals surface area (Å²) in [6, 6.07) is 5.78. The summed E-state index contributed by atoms with van der Waals surface area (Å²) in [5.41, 5.74) is 1.05. The third kappa shape index (κ3) is 4.84. The number of unbranched alkanes of at least 4 members (excludes halogenated alkanes) is 1. The Morgan fingerprint density at radius 2 is 2.11 bits per heavy atom. The number of nitrogens with zero attached hydrogens (tertiary/aromatic N) is 1. The second-order valence-electron chi connectivity index (χ2n) is 4.84. The third-order valence-corrected chi connectivity index (χ3v) is 3.66. The minimum Gasteiger partial charge on any atom is -0.488 e. The van der Waals surface area contributed by atoms with Crippen LogP contribution < -0.4 is 4.74 Å². The number of rotatable bonds is 6. The van der Waals surface area contributed by atoms with Gasteiger partial charge < -0.3 is 9.84 Å². The van der Waals surface area contributed by atoms with Gasteiger partial charge in [-0.25, -0.2) is 0 Å². The van der Waals surface area contributed by atoms with E-state index in [1.54, 1.807) is 0 Å². The molecule has 0 radical (unpaired) electrons. The average molecular weight is 306 g/mol. The van der Waals surface area contributed by atoms with Crippen molar-refractivity contribution in [2.75, 3.05) is 26.2 Å². The minimum absolute atomic E-state index is 0. The molecule has 1 aliphatic heterocycles. The molecule has 0 amide bonds. The van der Waals surface area contributed by atoms with E-state index >= 15 is 0 Å². The minimum atomic E-state index is 0. The monoisotopic (exact) mass is 305 g/mol. The Kier molecular flexibility index (Phi) is 6.94. The number of halogens is 2. The zero-order valence-electron chi connectivity index (χ0n) is 11.1. The molecule has 1 N–H and O–H groups in total. The molecule has 1 heterocycles. The lowest BCUT2D eigenvalue weighted by Gasteiger charge is -2.39. The van der Waals surface area contributed by atoms with Crippen molar-refractivity contribution in [3.05, 3.63) is 28.8 Å². The highest BCUT2D eigenvalue weighted by Crippen LogP contribution is 2.23. The first-order chi connectivity index (χ1) is 8.69. The van der Waals surface area contributed by atoms with E-state index in [1.807, 2.05) is 25.1 Å². The molecule has 3 nitrogen and oxygen atoms in total. The van der Waals surface area contributed by atoms with E-state index in [9.17, 15) is 0 Å². The van der Waals surface area contributed by atoms with Gasteiger partial charge in [0.2, 0.25) is 0 Å². The molecule has 1 aromatic rings. The number of aliphatic hydroxyl groups excluding tert-OH is 1. The van der Waals surface area contributed by atoms with Gasteiger partial charge in [-0.15, -0.1) is 12.4 Å². The van der Waals surface area contributed by atoms with Crippen molar-refractivity contribution in [3.8, 4) is 5.75 Å². The van der Waals surface area contributed by atoms with Crippen LogP contribution in [0, 0.1) is 6.92 Å². The van der Waals surface area contributed by atoms with Gasteiger partial charge in [0.1, 0.15) is 11.9 Å². The maximum Gasteiger partial charge on any atom is 0.124 e. The Morgan fingerprint density at radius 1 is 1.37 bits per heavy atom. The molecule has 108 valence electrons. The van der Waals surface area contributed by atoms with E-state index in [4.69, 9.17) is 21.4 Å². The maximum absolute atomic E-state index is 8.71. The lowest BCUT2D eigenvalue weighted by atomic mass is 10.1. The molecule has 5 heteroatoms. The van der Waals surface area contributed by atoms with E-state index in [0.29, 0.717) is 6.10 Å². The highest BCUT2D eigenvalue weighted by atomic mass is 35.5. The highest BCUT2D eigenvalue weighted by Gasteiger charge is 2.27. The number of hydrogen-bond acceptors (Lipinski definition) is 3. The number of ether oxygens (including phenoxy) is 1. The summed E-state index contributed by atoms with van der Waals surface area (Å²) in [5, 5.41) is 9.49. The predicted octanol–water partition coefficient (Wildman–Crippen LogP) is 2.91. The SMILES string of the molecule is Cc1cc(OC2CN(CCCCO)C2)ccc1Cl.Cl. The van der Waals surface area contributed by atoms with Crippen molar-refractivity contribution < 1.29 is 9.84 Å². The largest absolute Gasteiger partial charge is 0.488 e. The van der Waals surface area contributed by atoms with Gasteiger partial charge in [-0.05, 0) is 50.1 Å². The lowest BCUT2D eigenvalue weighted by Crippen LogP contribution is -2.53. The molecule has 0 saturated carbocycles. The third-order valence-electron chi connectivity index (χ3n) is 3.24. The van der Waals surface area contributed by atoms with Crippen LogP contribution in [0.25, 0.3) is 0 Å². The average Bonchev–Trinajstić information content (AvgIpc) is 2.30. The summed E-state index contributed by atoms with van der Waals surface area (Å²) in [5.74, 6) is 0.900. The van der Waals surface area contributed by atoms with Crippen LogP contribution in [0.3, 0.4) is 0 Å². The lowest BCUT2D eigenvalue weighted by molar-refractivity contribution is 0.0184. The van der Waals surface area contributed by atoms with E-state index in [2.05, 4.69) is 4.90 Å². The van der Waals surface area contributed by atoms with Gasteiger partial charge in [0.05, 0.1) is 0 Å². The second-order valence-corrected chi connectivity index (χ2v) is 5.25. The zero-order chi connectivity index (χ0) is 13.0. The van der Waals surface area contributed by atoms with Gasteiger partial charge in [0.15, 0.2) is 0 Å². The van der Waals surface area contributed by atoms with Crippen LogP contribution in [0.2, 0.25) is 5.02 Å². The molecular formula is C14H21Cl2NO2. The van der Waals surface area contributed by atoms with Gasteiger partial charge in [0.25, 0.3) is 0 Å². The fraction of sp³-hybridized carbons (Fsp3) is 0.571. The van der Waals surface area contributed by atoms with Crippen LogP contribution in [-0.4, -0.2) is 42.4 Å². The summed E-state index contributed by atoms with van der Waals surface area (Å²) in [7, 11) is 0. The van der Waals surface area contributed by atoms with Gasteiger partial charge in [-0.1, -0.05) is 11.6 Å². The van der Waals surface area contributed by atoms with Crippen molar-refractivity contribution in [1.82, 2.24) is 4.90 Å². The van der Waals surface area contributed by atoms with Crippen molar-refractivity contribution in [2.45, 2.75) is 25.9 Å². The predicted molar refractivity (Wildman–Crippen MR) is 80.6 cm³/mol. The van der Waals surface area contributed by atoms with Crippen molar-refractivity contribution in [3.63, 3.8) is 0 Å². The molecule has 0 unspecified atom stereocenters. The Hall–Kier alpha value is -0.480. The zero-order valence-corrected chi connectivity index (χ0v) is 12.7. The number of likely N-dealkylation sites (tertiary alicyclic amines) is 1. The Balaban J connectivity index is 0.00000180. The second kappa shape index (κ2) is 7.95. The summed E-state index contributed by atoms with van der Waals surface area (Å²) >= 11 is 5.97. The van der Waals surface area contributed by atoms with Crippen molar-refractivity contribution >= 4 is 24.0 Å². The smallest absolute Gasteiger partial charge is 0.124 e. The first-order valence-electron chi connectivity index (χ1n) is 6.45. The van der Waals surface area contributed by atoms with Crippen molar-refractivity contribution in [1.29, 1.82) is 0 Å². The van der Waals surface area contributed by atoms with Crippen LogP contribution >= 0.6 is 24.0 Å². The van der Waals surface area contributed by atoms with Gasteiger partial charge >= 0.3 is 0 Å². The Labute approximate surface area is 125 Å². The highest BCUT2D eigenvalue weighted by molar-refractivity contribution is 6.31. The molecule has 1 saturated heterocycles. The van der Waals surface area contributed by atoms with E-state index in [0.717, 1.165) is 48.8 Å². The molecule has 0 spiro atoms. The Morgan fingerprint density at radius 3 is 2.74 bits per heavy atom. The van der Waals surface area contributed by atoms with Crippen molar-refractivity contribution in [2.24, 2.45) is 0 Å². The standard InChI is InChI=1S/C14H20ClNO2.ClH/c1-11-8-12(4-5-14(11)15)18-13-9-16(10-13)6-2-3-7-17;/h4-5,8,13,17H,2-3,6-7,9-10H2,1H3;1H. The molecule has 0 aromatic heterocycles. The summed E-state index contributed by atoms with van der Waals surface area (Å²) in [6.45, 7) is 5.29. The topological polar surface area (TPSA) is 32.7 Å². The molecule has 0 bridgehead atoms. The summed E-state index contributed by atoms with van der Waals surface area (Å²) in [4.78, 5) is 2.35. The van der Waals surface area contributed by atoms with E-state index < -0.39 is 0 Å². The number of aryl methyl sites for hydroxylation is 1. The quantitative estimate of drug-likeness (QED) is 0.820. The fourth-order valence-corrected chi connectivity index (χ4v) is 2.23. The molecule has 2 rings (SSSR count). The summed E-state index contributed by atoms with van der Waals surface area (Å²) < 4.78 is 5.87. The van der Waals surface area contributed by atoms with Gasteiger partial charge in [0, 0.05) is 24.7 Å². The first-order valence-corrected chi connectivity index (χ1v) is 6.83. The molecule has 1 aromatic carbocycles. The molecule has 1 aliphatic rings. The number of hydrogen-bond donors (Lipinski definition) is 1. The molecular weight excluding hydrogens is 285 g/mol. The van der Waals surface area contributed by atoms with Gasteiger partial charge in [-0.2, -0.15) is 0 Å². The van der Waals surface area contributed by atoms with Crippen LogP contribution in [0.5, 0.6) is 5.75 Å². The Bertz CT molecular complexity index is 395. The number of aliphatic hydroxyl groups is 1. The first kappa shape index (κ1) is 16.6. The summed E-state index contributed by atoms with van der Waals surface area (Å²) in [6.07, 6.45) is 2.24. The van der Waals surface area contributed by atoms with Crippen LogP contribution in [0.4, 0.5) is 0 Å². The molecule has 0 aliphatic carbocycles. The van der Waals surface area contributed by atoms with Crippen LogP contribution in [-0.2, 0) is 0 Å². The normalized spacial score (nSPS) is 15.7. The van der Waals surface area contributed by atoms with Gasteiger partial charge in [-0.3, -0.25) is 4.90 Å². The van der Waals surface area contributed by atoms with Crippen LogP contribution in [0.1, 0.15) is 18.4 Å².